The third-order valence-electron chi connectivity index (χ3n) is 3.15. The molecule has 24 heavy (non-hydrogen) atoms. The van der Waals surface area contributed by atoms with Gasteiger partial charge in [-0.15, -0.1) is 11.8 Å². The number of nitrogens with one attached hydrogen (secondary N) is 1. The van der Waals surface area contributed by atoms with E-state index in [0.717, 1.165) is 10.0 Å². The summed E-state index contributed by atoms with van der Waals surface area (Å²) in [5.41, 5.74) is 1.45. The largest absolute Gasteiger partial charge is 0.493 e. The van der Waals surface area contributed by atoms with Gasteiger partial charge in [0.15, 0.2) is 11.5 Å². The van der Waals surface area contributed by atoms with E-state index in [2.05, 4.69) is 21.2 Å². The standard InChI is InChI=1S/C17H17BrFNO3S/c1-22-15-6-11(14(18)8-16(15)23-2)9-24-10-17(21)20-13-5-3-4-12(19)7-13/h3-8H,9-10H2,1-2H3,(H,20,21). The summed E-state index contributed by atoms with van der Waals surface area (Å²) in [6.45, 7) is 0. The highest BCUT2D eigenvalue weighted by Crippen LogP contribution is 2.34. The van der Waals surface area contributed by atoms with Crippen molar-refractivity contribution in [3.63, 3.8) is 0 Å². The van der Waals surface area contributed by atoms with Crippen molar-refractivity contribution >= 4 is 39.3 Å². The third-order valence-corrected chi connectivity index (χ3v) is 4.87. The van der Waals surface area contributed by atoms with E-state index in [4.69, 9.17) is 9.47 Å². The normalized spacial score (nSPS) is 10.3. The Morgan fingerprint density at radius 1 is 1.21 bits per heavy atom. The Balaban J connectivity index is 1.90. The Labute approximate surface area is 152 Å². The van der Waals surface area contributed by atoms with E-state index in [9.17, 15) is 9.18 Å². The fraction of sp³-hybridized carbons (Fsp3) is 0.235. The highest BCUT2D eigenvalue weighted by Gasteiger charge is 2.11. The van der Waals surface area contributed by atoms with E-state index in [0.29, 0.717) is 22.9 Å². The molecule has 0 atom stereocenters. The number of benzene rings is 2. The molecular weight excluding hydrogens is 397 g/mol. The molecule has 0 saturated carbocycles. The van der Waals surface area contributed by atoms with Gasteiger partial charge in [-0.2, -0.15) is 0 Å². The van der Waals surface area contributed by atoms with Gasteiger partial charge in [-0.3, -0.25) is 4.79 Å². The zero-order valence-corrected chi connectivity index (χ0v) is 15.7. The average Bonchev–Trinajstić information content (AvgIpc) is 2.55. The number of anilines is 1. The quantitative estimate of drug-likeness (QED) is 0.726. The van der Waals surface area contributed by atoms with E-state index >= 15 is 0 Å². The lowest BCUT2D eigenvalue weighted by atomic mass is 10.2. The summed E-state index contributed by atoms with van der Waals surface area (Å²) >= 11 is 4.94. The highest BCUT2D eigenvalue weighted by molar-refractivity contribution is 9.10. The topological polar surface area (TPSA) is 47.6 Å². The SMILES string of the molecule is COc1cc(Br)c(CSCC(=O)Nc2cccc(F)c2)cc1OC. The molecule has 0 aliphatic rings. The van der Waals surface area contributed by atoms with E-state index in [1.807, 2.05) is 12.1 Å². The van der Waals surface area contributed by atoms with Crippen molar-refractivity contribution in [1.29, 1.82) is 0 Å². The minimum atomic E-state index is -0.380. The highest BCUT2D eigenvalue weighted by atomic mass is 79.9. The lowest BCUT2D eigenvalue weighted by Crippen LogP contribution is -2.14. The molecule has 0 radical (unpaired) electrons. The predicted molar refractivity (Wildman–Crippen MR) is 98.4 cm³/mol. The number of ether oxygens (including phenoxy) is 2. The summed E-state index contributed by atoms with van der Waals surface area (Å²) in [7, 11) is 3.16. The second-order valence-corrected chi connectivity index (χ2v) is 6.69. The van der Waals surface area contributed by atoms with Gasteiger partial charge in [-0.05, 0) is 35.9 Å². The van der Waals surface area contributed by atoms with Gasteiger partial charge in [0.05, 0.1) is 20.0 Å². The van der Waals surface area contributed by atoms with Crippen LogP contribution in [0, 0.1) is 5.82 Å². The first-order chi connectivity index (χ1) is 11.5. The Hall–Kier alpha value is -1.73. The molecule has 0 bridgehead atoms. The van der Waals surface area contributed by atoms with Crippen molar-refractivity contribution in [3.8, 4) is 11.5 Å². The van der Waals surface area contributed by atoms with Gasteiger partial charge in [0.1, 0.15) is 5.82 Å². The second kappa shape index (κ2) is 8.94. The molecule has 2 aromatic carbocycles. The van der Waals surface area contributed by atoms with Crippen molar-refractivity contribution in [2.24, 2.45) is 0 Å². The predicted octanol–water partition coefficient (Wildman–Crippen LogP) is 4.48. The monoisotopic (exact) mass is 413 g/mol. The molecular formula is C17H17BrFNO3S. The van der Waals surface area contributed by atoms with Gasteiger partial charge in [-0.1, -0.05) is 22.0 Å². The molecule has 0 heterocycles. The number of amides is 1. The van der Waals surface area contributed by atoms with Crippen molar-refractivity contribution in [3.05, 3.63) is 52.3 Å². The molecule has 128 valence electrons. The lowest BCUT2D eigenvalue weighted by molar-refractivity contribution is -0.113. The number of hydrogen-bond acceptors (Lipinski definition) is 4. The molecule has 0 aliphatic heterocycles. The van der Waals surface area contributed by atoms with Gasteiger partial charge in [0.25, 0.3) is 0 Å². The number of halogens is 2. The number of rotatable bonds is 7. The van der Waals surface area contributed by atoms with Crippen LogP contribution in [0.1, 0.15) is 5.56 Å². The van der Waals surface area contributed by atoms with Crippen LogP contribution in [-0.2, 0) is 10.5 Å². The number of hydrogen-bond donors (Lipinski definition) is 1. The van der Waals surface area contributed by atoms with Crippen LogP contribution in [0.5, 0.6) is 11.5 Å². The summed E-state index contributed by atoms with van der Waals surface area (Å²) in [4.78, 5) is 11.9. The van der Waals surface area contributed by atoms with E-state index in [-0.39, 0.29) is 17.5 Å². The van der Waals surface area contributed by atoms with Gasteiger partial charge in [0, 0.05) is 15.9 Å². The van der Waals surface area contributed by atoms with Crippen LogP contribution in [-0.4, -0.2) is 25.9 Å². The van der Waals surface area contributed by atoms with Crippen LogP contribution in [0.15, 0.2) is 40.9 Å². The summed E-state index contributed by atoms with van der Waals surface area (Å²) < 4.78 is 24.5. The van der Waals surface area contributed by atoms with E-state index < -0.39 is 0 Å². The fourth-order valence-corrected chi connectivity index (χ4v) is 3.49. The van der Waals surface area contributed by atoms with E-state index in [1.54, 1.807) is 26.4 Å². The zero-order chi connectivity index (χ0) is 17.5. The molecule has 1 N–H and O–H groups in total. The van der Waals surface area contributed by atoms with Gasteiger partial charge in [0.2, 0.25) is 5.91 Å². The molecule has 0 unspecified atom stereocenters. The molecule has 2 aromatic rings. The van der Waals surface area contributed by atoms with Gasteiger partial charge in [-0.25, -0.2) is 4.39 Å². The number of carbonyl (C=O) groups is 1. The van der Waals surface area contributed by atoms with E-state index in [1.165, 1.54) is 23.9 Å². The summed E-state index contributed by atoms with van der Waals surface area (Å²) in [6.07, 6.45) is 0. The second-order valence-electron chi connectivity index (χ2n) is 4.85. The molecule has 0 fully saturated rings. The van der Waals surface area contributed by atoms with Crippen molar-refractivity contribution in [1.82, 2.24) is 0 Å². The lowest BCUT2D eigenvalue weighted by Gasteiger charge is -2.12. The van der Waals surface area contributed by atoms with Crippen molar-refractivity contribution < 1.29 is 18.7 Å². The summed E-state index contributed by atoms with van der Waals surface area (Å²) in [5, 5.41) is 2.67. The van der Waals surface area contributed by atoms with Crippen LogP contribution in [0.2, 0.25) is 0 Å². The molecule has 7 heteroatoms. The number of carbonyl (C=O) groups excluding carboxylic acids is 1. The summed E-state index contributed by atoms with van der Waals surface area (Å²) in [5.74, 6) is 1.61. The molecule has 0 aromatic heterocycles. The first kappa shape index (κ1) is 18.6. The van der Waals surface area contributed by atoms with Crippen LogP contribution in [0.3, 0.4) is 0 Å². The van der Waals surface area contributed by atoms with Crippen molar-refractivity contribution in [2.45, 2.75) is 5.75 Å². The van der Waals surface area contributed by atoms with Crippen molar-refractivity contribution in [2.75, 3.05) is 25.3 Å². The maximum atomic E-state index is 13.1. The van der Waals surface area contributed by atoms with Crippen LogP contribution >= 0.6 is 27.7 Å². The molecule has 2 rings (SSSR count). The van der Waals surface area contributed by atoms with Gasteiger partial charge >= 0.3 is 0 Å². The number of methoxy groups -OCH3 is 2. The first-order valence-corrected chi connectivity index (χ1v) is 9.02. The van der Waals surface area contributed by atoms with Crippen LogP contribution in [0.4, 0.5) is 10.1 Å². The zero-order valence-electron chi connectivity index (χ0n) is 13.3. The molecule has 0 aliphatic carbocycles. The fourth-order valence-electron chi connectivity index (χ4n) is 2.02. The Bertz CT molecular complexity index is 727. The first-order valence-electron chi connectivity index (χ1n) is 7.07. The smallest absolute Gasteiger partial charge is 0.234 e. The maximum absolute atomic E-state index is 13.1. The van der Waals surface area contributed by atoms with Gasteiger partial charge < -0.3 is 14.8 Å². The Morgan fingerprint density at radius 2 is 1.92 bits per heavy atom. The third kappa shape index (κ3) is 5.14. The number of thioether (sulfide) groups is 1. The molecule has 0 saturated heterocycles. The minimum Gasteiger partial charge on any atom is -0.493 e. The minimum absolute atomic E-state index is 0.179. The Kier molecular flexibility index (Phi) is 6.93. The molecule has 1 amide bonds. The van der Waals surface area contributed by atoms with Crippen LogP contribution < -0.4 is 14.8 Å². The maximum Gasteiger partial charge on any atom is 0.234 e. The van der Waals surface area contributed by atoms with Crippen LogP contribution in [0.25, 0.3) is 0 Å². The molecule has 0 spiro atoms. The summed E-state index contributed by atoms with van der Waals surface area (Å²) in [6, 6.07) is 9.53. The molecule has 4 nitrogen and oxygen atoms in total. The Morgan fingerprint density at radius 3 is 2.58 bits per heavy atom. The average molecular weight is 414 g/mol.